The van der Waals surface area contributed by atoms with Crippen LogP contribution in [0.4, 0.5) is 4.79 Å². The molecule has 0 aliphatic carbocycles. The minimum absolute atomic E-state index is 0.0242. The van der Waals surface area contributed by atoms with E-state index in [-0.39, 0.29) is 18.2 Å². The standard InChI is InChI=1S/C20H24N2O3/c23-19(21-16-12-15-6-7-18(16)24-15)22-11-3-9-20(13-22)10-8-14-4-1-2-5-17(14)25-20/h1-2,4-5,8,10,15-16,18H,3,6-7,9,11-13H2,(H,21,23)/t15-,16-,18+,20?/m1/s1. The van der Waals surface area contributed by atoms with Gasteiger partial charge in [-0.1, -0.05) is 24.3 Å². The maximum absolute atomic E-state index is 12.8. The Morgan fingerprint density at radius 1 is 1.28 bits per heavy atom. The van der Waals surface area contributed by atoms with Gasteiger partial charge in [-0.05, 0) is 44.2 Å². The van der Waals surface area contributed by atoms with Crippen LogP contribution in [-0.4, -0.2) is 47.9 Å². The smallest absolute Gasteiger partial charge is 0.317 e. The van der Waals surface area contributed by atoms with E-state index < -0.39 is 5.60 Å². The number of nitrogens with one attached hydrogen (secondary N) is 1. The number of amides is 2. The molecule has 3 saturated heterocycles. The average Bonchev–Trinajstić information content (AvgIpc) is 3.25. The second-order valence-electron chi connectivity index (χ2n) is 7.73. The van der Waals surface area contributed by atoms with Gasteiger partial charge in [-0.2, -0.15) is 0 Å². The molecule has 4 atom stereocenters. The van der Waals surface area contributed by atoms with Crippen LogP contribution in [-0.2, 0) is 4.74 Å². The number of ether oxygens (including phenoxy) is 2. The Bertz CT molecular complexity index is 719. The zero-order chi connectivity index (χ0) is 16.9. The molecule has 4 aliphatic heterocycles. The summed E-state index contributed by atoms with van der Waals surface area (Å²) in [4.78, 5) is 14.7. The molecule has 0 radical (unpaired) electrons. The van der Waals surface area contributed by atoms with Gasteiger partial charge < -0.3 is 19.7 Å². The van der Waals surface area contributed by atoms with Crippen LogP contribution in [0.15, 0.2) is 30.3 Å². The maximum atomic E-state index is 12.8. The fourth-order valence-corrected chi connectivity index (χ4v) is 4.69. The van der Waals surface area contributed by atoms with Crippen molar-refractivity contribution in [1.82, 2.24) is 10.2 Å². The molecule has 1 N–H and O–H groups in total. The summed E-state index contributed by atoms with van der Waals surface area (Å²) in [5.41, 5.74) is 0.712. The number of fused-ring (bicyclic) bond motifs is 3. The maximum Gasteiger partial charge on any atom is 0.317 e. The minimum atomic E-state index is -0.394. The van der Waals surface area contributed by atoms with Crippen molar-refractivity contribution in [3.8, 4) is 5.75 Å². The molecule has 0 saturated carbocycles. The van der Waals surface area contributed by atoms with E-state index in [1.807, 2.05) is 23.1 Å². The van der Waals surface area contributed by atoms with E-state index in [0.717, 1.165) is 50.0 Å². The Morgan fingerprint density at radius 3 is 3.04 bits per heavy atom. The van der Waals surface area contributed by atoms with Crippen LogP contribution >= 0.6 is 0 Å². The van der Waals surface area contributed by atoms with Crippen molar-refractivity contribution in [3.05, 3.63) is 35.9 Å². The Morgan fingerprint density at radius 2 is 2.20 bits per heavy atom. The summed E-state index contributed by atoms with van der Waals surface area (Å²) in [5.74, 6) is 0.911. The van der Waals surface area contributed by atoms with Gasteiger partial charge in [0.1, 0.15) is 11.4 Å². The number of rotatable bonds is 1. The molecule has 0 aromatic heterocycles. The Labute approximate surface area is 148 Å². The summed E-state index contributed by atoms with van der Waals surface area (Å²) in [7, 11) is 0. The second kappa shape index (κ2) is 5.77. The molecule has 1 aromatic rings. The zero-order valence-corrected chi connectivity index (χ0v) is 14.3. The van der Waals surface area contributed by atoms with Crippen LogP contribution in [0, 0.1) is 0 Å². The number of piperidine rings is 1. The molecule has 5 heteroatoms. The molecule has 132 valence electrons. The van der Waals surface area contributed by atoms with Gasteiger partial charge in [0, 0.05) is 12.1 Å². The number of benzene rings is 1. The average molecular weight is 340 g/mol. The van der Waals surface area contributed by atoms with Crippen LogP contribution in [0.25, 0.3) is 6.08 Å². The van der Waals surface area contributed by atoms with Crippen LogP contribution in [0.1, 0.15) is 37.7 Å². The predicted octanol–water partition coefficient (Wildman–Crippen LogP) is 2.96. The fourth-order valence-electron chi connectivity index (χ4n) is 4.69. The van der Waals surface area contributed by atoms with Gasteiger partial charge in [0.25, 0.3) is 0 Å². The minimum Gasteiger partial charge on any atom is -0.481 e. The van der Waals surface area contributed by atoms with E-state index >= 15 is 0 Å². The largest absolute Gasteiger partial charge is 0.481 e. The lowest BCUT2D eigenvalue weighted by Crippen LogP contribution is -2.57. The lowest BCUT2D eigenvalue weighted by molar-refractivity contribution is 0.0399. The lowest BCUT2D eigenvalue weighted by atomic mass is 9.89. The van der Waals surface area contributed by atoms with Gasteiger partial charge in [-0.3, -0.25) is 0 Å². The van der Waals surface area contributed by atoms with Crippen molar-refractivity contribution in [2.45, 2.75) is 56.0 Å². The van der Waals surface area contributed by atoms with E-state index in [1.54, 1.807) is 0 Å². The third-order valence-electron chi connectivity index (χ3n) is 5.99. The van der Waals surface area contributed by atoms with Crippen LogP contribution in [0.2, 0.25) is 0 Å². The van der Waals surface area contributed by atoms with Crippen LogP contribution < -0.4 is 10.1 Å². The van der Waals surface area contributed by atoms with E-state index in [9.17, 15) is 4.79 Å². The highest BCUT2D eigenvalue weighted by molar-refractivity contribution is 5.75. The first-order chi connectivity index (χ1) is 12.2. The van der Waals surface area contributed by atoms with Crippen molar-refractivity contribution in [3.63, 3.8) is 0 Å². The monoisotopic (exact) mass is 340 g/mol. The van der Waals surface area contributed by atoms with Crippen molar-refractivity contribution in [2.75, 3.05) is 13.1 Å². The number of carbonyl (C=O) groups is 1. The first-order valence-corrected chi connectivity index (χ1v) is 9.39. The van der Waals surface area contributed by atoms with Gasteiger partial charge in [0.15, 0.2) is 0 Å². The van der Waals surface area contributed by atoms with Gasteiger partial charge in [-0.15, -0.1) is 0 Å². The quantitative estimate of drug-likeness (QED) is 0.855. The summed E-state index contributed by atoms with van der Waals surface area (Å²) in [6.45, 7) is 1.39. The van der Waals surface area contributed by atoms with Gasteiger partial charge in [0.2, 0.25) is 0 Å². The molecule has 25 heavy (non-hydrogen) atoms. The van der Waals surface area contributed by atoms with Crippen molar-refractivity contribution >= 4 is 12.1 Å². The number of para-hydroxylation sites is 1. The van der Waals surface area contributed by atoms with Crippen LogP contribution in [0.3, 0.4) is 0 Å². The summed E-state index contributed by atoms with van der Waals surface area (Å²) >= 11 is 0. The number of hydrogen-bond donors (Lipinski definition) is 1. The van der Waals surface area contributed by atoms with E-state index in [2.05, 4.69) is 23.5 Å². The highest BCUT2D eigenvalue weighted by atomic mass is 16.5. The molecule has 1 aromatic carbocycles. The van der Waals surface area contributed by atoms with E-state index in [0.29, 0.717) is 12.6 Å². The van der Waals surface area contributed by atoms with Gasteiger partial charge in [0.05, 0.1) is 24.8 Å². The van der Waals surface area contributed by atoms with Crippen molar-refractivity contribution < 1.29 is 14.3 Å². The lowest BCUT2D eigenvalue weighted by Gasteiger charge is -2.43. The molecular weight excluding hydrogens is 316 g/mol. The number of nitrogens with zero attached hydrogens (tertiary/aromatic N) is 1. The number of carbonyl (C=O) groups excluding carboxylic acids is 1. The zero-order valence-electron chi connectivity index (χ0n) is 14.3. The number of urea groups is 1. The predicted molar refractivity (Wildman–Crippen MR) is 94.5 cm³/mol. The Hall–Kier alpha value is -2.01. The fraction of sp³-hybridized carbons (Fsp3) is 0.550. The Kier molecular flexibility index (Phi) is 3.52. The summed E-state index contributed by atoms with van der Waals surface area (Å²) in [6.07, 6.45) is 9.89. The van der Waals surface area contributed by atoms with Crippen LogP contribution in [0.5, 0.6) is 5.75 Å². The first kappa shape index (κ1) is 15.3. The van der Waals surface area contributed by atoms with E-state index in [1.165, 1.54) is 0 Å². The molecule has 1 unspecified atom stereocenters. The molecule has 4 heterocycles. The molecule has 5 rings (SSSR count). The topological polar surface area (TPSA) is 50.8 Å². The first-order valence-electron chi connectivity index (χ1n) is 9.39. The molecular formula is C20H24N2O3. The highest BCUT2D eigenvalue weighted by Crippen LogP contribution is 2.37. The molecule has 2 amide bonds. The highest BCUT2D eigenvalue weighted by Gasteiger charge is 2.43. The SMILES string of the molecule is O=C(N[C@@H]1C[C@H]2CC[C@@H]1O2)N1CCCC2(C=Cc3ccccc3O2)C1. The summed E-state index contributed by atoms with van der Waals surface area (Å²) in [6, 6.07) is 8.27. The summed E-state index contributed by atoms with van der Waals surface area (Å²) < 4.78 is 12.2. The van der Waals surface area contributed by atoms with Crippen molar-refractivity contribution in [1.29, 1.82) is 0 Å². The molecule has 2 bridgehead atoms. The molecule has 4 aliphatic rings. The van der Waals surface area contributed by atoms with E-state index in [4.69, 9.17) is 9.47 Å². The number of hydrogen-bond acceptors (Lipinski definition) is 3. The molecule has 3 fully saturated rings. The third kappa shape index (κ3) is 2.71. The summed E-state index contributed by atoms with van der Waals surface area (Å²) in [5, 5.41) is 3.20. The van der Waals surface area contributed by atoms with Gasteiger partial charge in [-0.25, -0.2) is 4.79 Å². The normalized spacial score (nSPS) is 35.5. The molecule has 1 spiro atoms. The Balaban J connectivity index is 1.28. The third-order valence-corrected chi connectivity index (χ3v) is 5.99. The molecule has 5 nitrogen and oxygen atoms in total. The van der Waals surface area contributed by atoms with Crippen molar-refractivity contribution in [2.24, 2.45) is 0 Å². The second-order valence-corrected chi connectivity index (χ2v) is 7.73. The number of likely N-dealkylation sites (tertiary alicyclic amines) is 1. The van der Waals surface area contributed by atoms with Gasteiger partial charge >= 0.3 is 6.03 Å².